The second-order valence-electron chi connectivity index (χ2n) is 6.82. The minimum absolute atomic E-state index is 0.00549. The highest BCUT2D eigenvalue weighted by Crippen LogP contribution is 2.30. The highest BCUT2D eigenvalue weighted by Gasteiger charge is 2.30. The molecule has 1 saturated carbocycles. The normalized spacial score (nSPS) is 18.9. The van der Waals surface area contributed by atoms with Crippen molar-refractivity contribution in [3.63, 3.8) is 0 Å². The summed E-state index contributed by atoms with van der Waals surface area (Å²) in [5.74, 6) is 0.203. The first kappa shape index (κ1) is 18.7. The smallest absolute Gasteiger partial charge is 0.255 e. The lowest BCUT2D eigenvalue weighted by molar-refractivity contribution is 0.0932. The molecule has 5 nitrogen and oxygen atoms in total. The van der Waals surface area contributed by atoms with Crippen LogP contribution in [0, 0.1) is 5.82 Å². The Balaban J connectivity index is 1.46. The molecule has 1 fully saturated rings. The second kappa shape index (κ2) is 8.14. The number of nitrogens with one attached hydrogen (secondary N) is 2. The summed E-state index contributed by atoms with van der Waals surface area (Å²) in [6, 6.07) is 12.0. The second-order valence-corrected chi connectivity index (χ2v) is 7.85. The van der Waals surface area contributed by atoms with Gasteiger partial charge in [0, 0.05) is 12.1 Å². The molecule has 28 heavy (non-hydrogen) atoms. The molecule has 3 aromatic rings. The molecule has 0 spiro atoms. The molecule has 2 aromatic carbocycles. The van der Waals surface area contributed by atoms with Crippen LogP contribution in [0.5, 0.6) is 5.75 Å². The van der Waals surface area contributed by atoms with Gasteiger partial charge in [-0.15, -0.1) is 0 Å². The summed E-state index contributed by atoms with van der Waals surface area (Å²) in [6.07, 6.45) is 2.87. The Morgan fingerprint density at radius 1 is 1.25 bits per heavy atom. The average Bonchev–Trinajstić information content (AvgIpc) is 3.28. The predicted octanol–water partition coefficient (Wildman–Crippen LogP) is 4.60. The maximum atomic E-state index is 13.4. The molecule has 0 saturated heterocycles. The van der Waals surface area contributed by atoms with Crippen molar-refractivity contribution >= 4 is 32.6 Å². The van der Waals surface area contributed by atoms with Gasteiger partial charge in [-0.1, -0.05) is 23.5 Å². The van der Waals surface area contributed by atoms with Crippen LogP contribution >= 0.6 is 11.3 Å². The number of hydrogen-bond donors (Lipinski definition) is 2. The zero-order chi connectivity index (χ0) is 19.5. The first-order valence-corrected chi connectivity index (χ1v) is 10.3. The number of carbonyl (C=O) groups excluding carboxylic acids is 1. The van der Waals surface area contributed by atoms with Crippen molar-refractivity contribution in [1.29, 1.82) is 0 Å². The quantitative estimate of drug-likeness (QED) is 0.636. The van der Waals surface area contributed by atoms with Gasteiger partial charge in [0.05, 0.1) is 22.4 Å². The molecule has 0 unspecified atom stereocenters. The van der Waals surface area contributed by atoms with E-state index in [0.29, 0.717) is 17.9 Å². The van der Waals surface area contributed by atoms with Gasteiger partial charge >= 0.3 is 0 Å². The van der Waals surface area contributed by atoms with E-state index in [0.717, 1.165) is 34.6 Å². The standard InChI is InChI=1S/C21H22FN3O2S/c1-2-27-18-9-4-3-6-14(18)20(26)23-15-7-5-8-16(15)24-21-25-17-11-10-13(22)12-19(17)28-21/h3-4,6,9-12,15-16H,2,5,7-8H2,1H3,(H,23,26)(H,24,25)/t15-,16+/m1/s1. The maximum absolute atomic E-state index is 13.4. The Morgan fingerprint density at radius 3 is 2.93 bits per heavy atom. The average molecular weight is 399 g/mol. The summed E-state index contributed by atoms with van der Waals surface area (Å²) >= 11 is 1.43. The molecule has 1 aromatic heterocycles. The number of amides is 1. The van der Waals surface area contributed by atoms with E-state index in [1.165, 1.54) is 23.5 Å². The summed E-state index contributed by atoms with van der Waals surface area (Å²) in [7, 11) is 0. The number of anilines is 1. The zero-order valence-electron chi connectivity index (χ0n) is 15.6. The Kier molecular flexibility index (Phi) is 5.43. The van der Waals surface area contributed by atoms with E-state index in [-0.39, 0.29) is 23.8 Å². The van der Waals surface area contributed by atoms with Gasteiger partial charge < -0.3 is 15.4 Å². The van der Waals surface area contributed by atoms with Crippen LogP contribution in [-0.2, 0) is 0 Å². The number of nitrogens with zero attached hydrogens (tertiary/aromatic N) is 1. The lowest BCUT2D eigenvalue weighted by Gasteiger charge is -2.22. The fraction of sp³-hybridized carbons (Fsp3) is 0.333. The molecule has 1 amide bonds. The lowest BCUT2D eigenvalue weighted by Crippen LogP contribution is -2.43. The van der Waals surface area contributed by atoms with Crippen molar-refractivity contribution in [1.82, 2.24) is 10.3 Å². The van der Waals surface area contributed by atoms with Crippen molar-refractivity contribution in [2.45, 2.75) is 38.3 Å². The van der Waals surface area contributed by atoms with Crippen LogP contribution in [-0.4, -0.2) is 29.6 Å². The highest BCUT2D eigenvalue weighted by molar-refractivity contribution is 7.22. The van der Waals surface area contributed by atoms with Crippen LogP contribution in [0.4, 0.5) is 9.52 Å². The predicted molar refractivity (Wildman–Crippen MR) is 110 cm³/mol. The van der Waals surface area contributed by atoms with Crippen LogP contribution in [0.25, 0.3) is 10.2 Å². The molecule has 146 valence electrons. The molecule has 1 aliphatic rings. The molecule has 1 heterocycles. The van der Waals surface area contributed by atoms with Gasteiger partial charge in [-0.3, -0.25) is 4.79 Å². The van der Waals surface area contributed by atoms with E-state index >= 15 is 0 Å². The van der Waals surface area contributed by atoms with Crippen LogP contribution in [0.2, 0.25) is 0 Å². The lowest BCUT2D eigenvalue weighted by atomic mass is 10.1. The third kappa shape index (κ3) is 3.94. The number of ether oxygens (including phenoxy) is 1. The molecule has 4 rings (SSSR count). The fourth-order valence-electron chi connectivity index (χ4n) is 3.61. The molecular formula is C21H22FN3O2S. The fourth-order valence-corrected chi connectivity index (χ4v) is 4.56. The number of thiazole rings is 1. The first-order valence-electron chi connectivity index (χ1n) is 9.49. The van der Waals surface area contributed by atoms with E-state index < -0.39 is 0 Å². The van der Waals surface area contributed by atoms with E-state index in [1.807, 2.05) is 25.1 Å². The zero-order valence-corrected chi connectivity index (χ0v) is 16.4. The van der Waals surface area contributed by atoms with Crippen LogP contribution < -0.4 is 15.4 Å². The van der Waals surface area contributed by atoms with Gasteiger partial charge in [0.1, 0.15) is 11.6 Å². The van der Waals surface area contributed by atoms with Gasteiger partial charge in [-0.05, 0) is 56.5 Å². The summed E-state index contributed by atoms with van der Waals surface area (Å²) in [4.78, 5) is 17.3. The monoisotopic (exact) mass is 399 g/mol. The highest BCUT2D eigenvalue weighted by atomic mass is 32.1. The van der Waals surface area contributed by atoms with E-state index in [2.05, 4.69) is 15.6 Å². The Labute approximate surface area is 166 Å². The van der Waals surface area contributed by atoms with E-state index in [1.54, 1.807) is 12.1 Å². The molecule has 7 heteroatoms. The summed E-state index contributed by atoms with van der Waals surface area (Å²) in [6.45, 7) is 2.41. The van der Waals surface area contributed by atoms with Gasteiger partial charge in [0.25, 0.3) is 5.91 Å². The molecule has 0 bridgehead atoms. The van der Waals surface area contributed by atoms with Crippen LogP contribution in [0.3, 0.4) is 0 Å². The summed E-state index contributed by atoms with van der Waals surface area (Å²) in [5, 5.41) is 7.33. The van der Waals surface area contributed by atoms with Gasteiger partial charge in [-0.25, -0.2) is 9.37 Å². The van der Waals surface area contributed by atoms with Crippen molar-refractivity contribution in [3.8, 4) is 5.75 Å². The van der Waals surface area contributed by atoms with E-state index in [9.17, 15) is 9.18 Å². The number of benzene rings is 2. The van der Waals surface area contributed by atoms with Gasteiger partial charge in [0.2, 0.25) is 0 Å². The van der Waals surface area contributed by atoms with Crippen molar-refractivity contribution in [3.05, 3.63) is 53.8 Å². The third-order valence-corrected chi connectivity index (χ3v) is 5.87. The number of aromatic nitrogens is 1. The number of hydrogen-bond acceptors (Lipinski definition) is 5. The molecule has 0 radical (unpaired) electrons. The van der Waals surface area contributed by atoms with Crippen molar-refractivity contribution in [2.24, 2.45) is 0 Å². The molecule has 2 N–H and O–H groups in total. The van der Waals surface area contributed by atoms with Crippen LogP contribution in [0.15, 0.2) is 42.5 Å². The minimum Gasteiger partial charge on any atom is -0.493 e. The van der Waals surface area contributed by atoms with Crippen LogP contribution in [0.1, 0.15) is 36.5 Å². The number of rotatable bonds is 6. The first-order chi connectivity index (χ1) is 13.6. The molecule has 0 aliphatic heterocycles. The van der Waals surface area contributed by atoms with Crippen molar-refractivity contribution in [2.75, 3.05) is 11.9 Å². The largest absolute Gasteiger partial charge is 0.493 e. The Bertz CT molecular complexity index is 991. The maximum Gasteiger partial charge on any atom is 0.255 e. The third-order valence-electron chi connectivity index (χ3n) is 4.92. The van der Waals surface area contributed by atoms with Crippen molar-refractivity contribution < 1.29 is 13.9 Å². The molecule has 2 atom stereocenters. The van der Waals surface area contributed by atoms with Gasteiger partial charge in [-0.2, -0.15) is 0 Å². The summed E-state index contributed by atoms with van der Waals surface area (Å²) < 4.78 is 19.8. The van der Waals surface area contributed by atoms with E-state index in [4.69, 9.17) is 4.74 Å². The number of para-hydroxylation sites is 1. The van der Waals surface area contributed by atoms with Gasteiger partial charge in [0.15, 0.2) is 5.13 Å². The number of carbonyl (C=O) groups is 1. The number of halogens is 1. The topological polar surface area (TPSA) is 63.2 Å². The Morgan fingerprint density at radius 2 is 2.07 bits per heavy atom. The Hall–Kier alpha value is -2.67. The molecule has 1 aliphatic carbocycles. The summed E-state index contributed by atoms with van der Waals surface area (Å²) in [5.41, 5.74) is 1.32. The molecular weight excluding hydrogens is 377 g/mol. The SMILES string of the molecule is CCOc1ccccc1C(=O)N[C@@H]1CCC[C@@H]1Nc1nc2ccc(F)cc2s1. The number of fused-ring (bicyclic) bond motifs is 1. The minimum atomic E-state index is -0.262.